The van der Waals surface area contributed by atoms with Gasteiger partial charge in [-0.2, -0.15) is 0 Å². The van der Waals surface area contributed by atoms with E-state index in [0.29, 0.717) is 38.2 Å². The van der Waals surface area contributed by atoms with Crippen molar-refractivity contribution in [1.82, 2.24) is 5.32 Å². The van der Waals surface area contributed by atoms with Crippen LogP contribution in [0, 0.1) is 23.0 Å². The molecule has 0 atom stereocenters. The van der Waals surface area contributed by atoms with E-state index in [1.807, 2.05) is 11.0 Å². The monoisotopic (exact) mass is 410 g/mol. The maximum Gasteiger partial charge on any atom is 0.292 e. The van der Waals surface area contributed by atoms with Crippen LogP contribution in [0.1, 0.15) is 25.3 Å². The number of nitro benzene ring substituents is 1. The fraction of sp³-hybridized carbons (Fsp3) is 0.435. The maximum absolute atomic E-state index is 12.6. The van der Waals surface area contributed by atoms with Crippen molar-refractivity contribution in [2.75, 3.05) is 42.5 Å². The van der Waals surface area contributed by atoms with E-state index in [1.54, 1.807) is 12.1 Å². The first kappa shape index (κ1) is 21.6. The predicted molar refractivity (Wildman–Crippen MR) is 120 cm³/mol. The van der Waals surface area contributed by atoms with Gasteiger partial charge in [-0.05, 0) is 50.5 Å². The molecule has 1 fully saturated rings. The molecule has 0 unspecified atom stereocenters. The molecule has 1 heterocycles. The van der Waals surface area contributed by atoms with Crippen molar-refractivity contribution in [2.24, 2.45) is 5.92 Å². The van der Waals surface area contributed by atoms with Crippen LogP contribution >= 0.6 is 0 Å². The van der Waals surface area contributed by atoms with Crippen LogP contribution in [-0.4, -0.2) is 43.6 Å². The number of carbonyl (C=O) groups is 1. The minimum absolute atomic E-state index is 0.0435. The van der Waals surface area contributed by atoms with Gasteiger partial charge in [0.15, 0.2) is 0 Å². The number of hydrogen-bond acceptors (Lipinski definition) is 5. The van der Waals surface area contributed by atoms with Gasteiger partial charge in [0.25, 0.3) is 5.69 Å². The first-order chi connectivity index (χ1) is 14.5. The normalized spacial score (nSPS) is 14.4. The van der Waals surface area contributed by atoms with Crippen LogP contribution in [0.2, 0.25) is 0 Å². The van der Waals surface area contributed by atoms with Crippen LogP contribution in [0.4, 0.5) is 17.1 Å². The van der Waals surface area contributed by atoms with Gasteiger partial charge in [0.1, 0.15) is 5.69 Å². The Hall–Kier alpha value is -3.09. The van der Waals surface area contributed by atoms with E-state index in [2.05, 4.69) is 48.3 Å². The van der Waals surface area contributed by atoms with Crippen molar-refractivity contribution < 1.29 is 9.72 Å². The van der Waals surface area contributed by atoms with Gasteiger partial charge in [0, 0.05) is 50.4 Å². The molecule has 1 N–H and O–H groups in total. The average Bonchev–Trinajstić information content (AvgIpc) is 2.76. The van der Waals surface area contributed by atoms with Crippen molar-refractivity contribution >= 4 is 23.0 Å². The largest absolute Gasteiger partial charge is 0.370 e. The van der Waals surface area contributed by atoms with Gasteiger partial charge in [-0.3, -0.25) is 14.9 Å². The highest BCUT2D eigenvalue weighted by molar-refractivity contribution is 5.79. The van der Waals surface area contributed by atoms with Gasteiger partial charge in [-0.15, -0.1) is 0 Å². The molecule has 0 aromatic heterocycles. The molecular weight excluding hydrogens is 380 g/mol. The lowest BCUT2D eigenvalue weighted by molar-refractivity contribution is -0.384. The van der Waals surface area contributed by atoms with Crippen LogP contribution in [0.3, 0.4) is 0 Å². The second-order valence-electron chi connectivity index (χ2n) is 7.72. The number of para-hydroxylation sites is 2. The third kappa shape index (κ3) is 5.28. The summed E-state index contributed by atoms with van der Waals surface area (Å²) < 4.78 is 0. The molecule has 1 aliphatic rings. The number of rotatable bonds is 8. The maximum atomic E-state index is 12.6. The molecule has 0 aliphatic carbocycles. The number of anilines is 2. The van der Waals surface area contributed by atoms with Gasteiger partial charge in [-0.1, -0.05) is 24.3 Å². The van der Waals surface area contributed by atoms with E-state index in [-0.39, 0.29) is 22.4 Å². The summed E-state index contributed by atoms with van der Waals surface area (Å²) in [6.45, 7) is 7.73. The van der Waals surface area contributed by atoms with E-state index in [9.17, 15) is 14.9 Å². The summed E-state index contributed by atoms with van der Waals surface area (Å²) >= 11 is 0. The minimum atomic E-state index is -0.345. The molecular formula is C23H30N4O3. The average molecular weight is 411 g/mol. The zero-order valence-corrected chi connectivity index (χ0v) is 17.7. The molecule has 1 aliphatic heterocycles. The van der Waals surface area contributed by atoms with Crippen LogP contribution in [0.25, 0.3) is 0 Å². The van der Waals surface area contributed by atoms with Gasteiger partial charge in [0.2, 0.25) is 5.91 Å². The molecule has 2 aromatic carbocycles. The van der Waals surface area contributed by atoms with E-state index in [0.717, 1.165) is 13.1 Å². The van der Waals surface area contributed by atoms with Crippen LogP contribution < -0.4 is 15.1 Å². The van der Waals surface area contributed by atoms with E-state index >= 15 is 0 Å². The number of hydrogen-bond donors (Lipinski definition) is 1. The summed E-state index contributed by atoms with van der Waals surface area (Å²) in [6.07, 6.45) is 1.40. The molecule has 1 amide bonds. The highest BCUT2D eigenvalue weighted by Gasteiger charge is 2.27. The lowest BCUT2D eigenvalue weighted by atomic mass is 9.95. The zero-order valence-electron chi connectivity index (χ0n) is 17.7. The van der Waals surface area contributed by atoms with E-state index < -0.39 is 0 Å². The molecule has 1 saturated heterocycles. The predicted octanol–water partition coefficient (Wildman–Crippen LogP) is 3.76. The SMILES string of the molecule is CCN(CCNC(=O)C1CCN(c2ccccc2[N+](=O)[O-])CC1)c1cccc(C)c1. The number of nitro groups is 1. The van der Waals surface area contributed by atoms with Gasteiger partial charge >= 0.3 is 0 Å². The van der Waals surface area contributed by atoms with Gasteiger partial charge in [-0.25, -0.2) is 0 Å². The number of nitrogens with zero attached hydrogens (tertiary/aromatic N) is 3. The molecule has 160 valence electrons. The number of aryl methyl sites for hydroxylation is 1. The summed E-state index contributed by atoms with van der Waals surface area (Å²) in [7, 11) is 0. The Kier molecular flexibility index (Phi) is 7.27. The highest BCUT2D eigenvalue weighted by atomic mass is 16.6. The molecule has 0 radical (unpaired) electrons. The topological polar surface area (TPSA) is 78.7 Å². The molecule has 7 heteroatoms. The summed E-state index contributed by atoms with van der Waals surface area (Å²) in [4.78, 5) is 27.8. The van der Waals surface area contributed by atoms with Gasteiger partial charge < -0.3 is 15.1 Å². The summed E-state index contributed by atoms with van der Waals surface area (Å²) in [5.74, 6) is 0.0376. The van der Waals surface area contributed by atoms with Crippen molar-refractivity contribution in [3.05, 3.63) is 64.2 Å². The number of nitrogens with one attached hydrogen (secondary N) is 1. The first-order valence-electron chi connectivity index (χ1n) is 10.6. The second-order valence-corrected chi connectivity index (χ2v) is 7.72. The Labute approximate surface area is 177 Å². The van der Waals surface area contributed by atoms with E-state index in [4.69, 9.17) is 0 Å². The Balaban J connectivity index is 1.48. The van der Waals surface area contributed by atoms with Crippen molar-refractivity contribution in [2.45, 2.75) is 26.7 Å². The fourth-order valence-electron chi connectivity index (χ4n) is 4.02. The molecule has 0 bridgehead atoms. The summed E-state index contributed by atoms with van der Waals surface area (Å²) in [5.41, 5.74) is 3.15. The number of benzene rings is 2. The Morgan fingerprint density at radius 2 is 1.93 bits per heavy atom. The molecule has 0 spiro atoms. The van der Waals surface area contributed by atoms with Crippen LogP contribution in [-0.2, 0) is 4.79 Å². The molecule has 2 aromatic rings. The third-order valence-electron chi connectivity index (χ3n) is 5.71. The van der Waals surface area contributed by atoms with Crippen LogP contribution in [0.15, 0.2) is 48.5 Å². The molecule has 3 rings (SSSR count). The summed E-state index contributed by atoms with van der Waals surface area (Å²) in [6, 6.07) is 15.2. The smallest absolute Gasteiger partial charge is 0.292 e. The van der Waals surface area contributed by atoms with Gasteiger partial charge in [0.05, 0.1) is 4.92 Å². The Bertz CT molecular complexity index is 878. The van der Waals surface area contributed by atoms with Crippen LogP contribution in [0.5, 0.6) is 0 Å². The van der Waals surface area contributed by atoms with E-state index in [1.165, 1.54) is 17.3 Å². The molecule has 0 saturated carbocycles. The quantitative estimate of drug-likeness (QED) is 0.529. The Morgan fingerprint density at radius 1 is 1.20 bits per heavy atom. The first-order valence-corrected chi connectivity index (χ1v) is 10.6. The zero-order chi connectivity index (χ0) is 21.5. The standard InChI is InChI=1S/C23H30N4O3/c1-3-25(20-8-6-7-18(2)17-20)16-13-24-23(28)19-11-14-26(15-12-19)21-9-4-5-10-22(21)27(29)30/h4-10,17,19H,3,11-16H2,1-2H3,(H,24,28). The molecule has 30 heavy (non-hydrogen) atoms. The fourth-order valence-corrected chi connectivity index (χ4v) is 4.02. The minimum Gasteiger partial charge on any atom is -0.370 e. The number of carbonyl (C=O) groups excluding carboxylic acids is 1. The lowest BCUT2D eigenvalue weighted by Crippen LogP contribution is -2.42. The lowest BCUT2D eigenvalue weighted by Gasteiger charge is -2.32. The number of amides is 1. The highest BCUT2D eigenvalue weighted by Crippen LogP contribution is 2.31. The summed E-state index contributed by atoms with van der Waals surface area (Å²) in [5, 5.41) is 14.3. The second kappa shape index (κ2) is 10.1. The third-order valence-corrected chi connectivity index (χ3v) is 5.71. The Morgan fingerprint density at radius 3 is 2.60 bits per heavy atom. The van der Waals surface area contributed by atoms with Crippen molar-refractivity contribution in [1.29, 1.82) is 0 Å². The van der Waals surface area contributed by atoms with Crippen molar-refractivity contribution in [3.8, 4) is 0 Å². The number of piperidine rings is 1. The molecule has 7 nitrogen and oxygen atoms in total. The number of likely N-dealkylation sites (N-methyl/N-ethyl adjacent to an activating group) is 1. The van der Waals surface area contributed by atoms with Crippen molar-refractivity contribution in [3.63, 3.8) is 0 Å².